The maximum absolute atomic E-state index is 12.9. The smallest absolute Gasteiger partial charge is 0.253 e. The molecule has 0 saturated carbocycles. The first-order chi connectivity index (χ1) is 14.2. The summed E-state index contributed by atoms with van der Waals surface area (Å²) in [4.78, 5) is 33.1. The lowest BCUT2D eigenvalue weighted by Gasteiger charge is -2.38. The molecule has 2 amide bonds. The molecule has 148 valence electrons. The van der Waals surface area contributed by atoms with Gasteiger partial charge in [0.05, 0.1) is 22.3 Å². The highest BCUT2D eigenvalue weighted by Crippen LogP contribution is 2.26. The number of rotatable bonds is 3. The Bertz CT molecular complexity index is 1050. The summed E-state index contributed by atoms with van der Waals surface area (Å²) in [6, 6.07) is 14.0. The van der Waals surface area contributed by atoms with Gasteiger partial charge >= 0.3 is 0 Å². The highest BCUT2D eigenvalue weighted by Gasteiger charge is 2.33. The zero-order valence-electron chi connectivity index (χ0n) is 15.9. The van der Waals surface area contributed by atoms with Crippen molar-refractivity contribution >= 4 is 33.4 Å². The average molecular weight is 407 g/mol. The number of hydrogen-bond acceptors (Lipinski definition) is 5. The van der Waals surface area contributed by atoms with Crippen molar-refractivity contribution in [3.8, 4) is 11.1 Å². The first kappa shape index (κ1) is 18.3. The Morgan fingerprint density at radius 2 is 1.66 bits per heavy atom. The second-order valence-corrected chi connectivity index (χ2v) is 8.26. The van der Waals surface area contributed by atoms with E-state index in [1.54, 1.807) is 11.3 Å². The fourth-order valence-corrected chi connectivity index (χ4v) is 4.45. The number of thiazole rings is 1. The van der Waals surface area contributed by atoms with Gasteiger partial charge < -0.3 is 14.5 Å². The molecule has 0 aliphatic carbocycles. The number of fused-ring (bicyclic) bond motifs is 1. The fraction of sp³-hybridized carbons (Fsp3) is 0.318. The van der Waals surface area contributed by atoms with E-state index < -0.39 is 0 Å². The third kappa shape index (κ3) is 3.52. The Balaban J connectivity index is 1.24. The van der Waals surface area contributed by atoms with Crippen LogP contribution in [0.5, 0.6) is 0 Å². The first-order valence-corrected chi connectivity index (χ1v) is 10.7. The minimum atomic E-state index is -0.270. The molecule has 29 heavy (non-hydrogen) atoms. The summed E-state index contributed by atoms with van der Waals surface area (Å²) >= 11 is 1.63. The van der Waals surface area contributed by atoms with Crippen LogP contribution in [0.15, 0.2) is 48.0 Å². The van der Waals surface area contributed by atoms with Gasteiger partial charge in [-0.25, -0.2) is 4.98 Å². The molecule has 2 aliphatic heterocycles. The maximum Gasteiger partial charge on any atom is 0.253 e. The molecule has 5 rings (SSSR count). The zero-order valence-corrected chi connectivity index (χ0v) is 16.7. The molecule has 7 heteroatoms. The summed E-state index contributed by atoms with van der Waals surface area (Å²) in [7, 11) is 0. The van der Waals surface area contributed by atoms with E-state index in [0.29, 0.717) is 38.3 Å². The predicted molar refractivity (Wildman–Crippen MR) is 112 cm³/mol. The number of hydrogen-bond donors (Lipinski definition) is 0. The molecule has 3 aromatic rings. The SMILES string of the molecule is O=C(c1ccc(-c2ccc3scnc3c2)cc1)N1CCN(C(=O)C2CCO2)CC1. The van der Waals surface area contributed by atoms with Crippen molar-refractivity contribution in [2.45, 2.75) is 12.5 Å². The lowest BCUT2D eigenvalue weighted by atomic mass is 10.0. The van der Waals surface area contributed by atoms with Crippen molar-refractivity contribution in [1.29, 1.82) is 0 Å². The van der Waals surface area contributed by atoms with Crippen molar-refractivity contribution < 1.29 is 14.3 Å². The van der Waals surface area contributed by atoms with Gasteiger partial charge in [-0.05, 0) is 35.4 Å². The maximum atomic E-state index is 12.9. The molecule has 0 bridgehead atoms. The van der Waals surface area contributed by atoms with Crippen LogP contribution in [0.4, 0.5) is 0 Å². The standard InChI is InChI=1S/C22H21N3O3S/c26-21(24-8-10-25(11-9-24)22(27)19-7-12-28-19)16-3-1-15(2-4-16)17-5-6-20-18(13-17)23-14-29-20/h1-6,13-14,19H,7-12H2. The number of carbonyl (C=O) groups is 2. The summed E-state index contributed by atoms with van der Waals surface area (Å²) in [6.45, 7) is 2.91. The third-order valence-corrected chi connectivity index (χ3v) is 6.46. The van der Waals surface area contributed by atoms with Gasteiger partial charge in [0.15, 0.2) is 0 Å². The minimum Gasteiger partial charge on any atom is -0.368 e. The second kappa shape index (κ2) is 7.57. The van der Waals surface area contributed by atoms with Crippen LogP contribution in [-0.2, 0) is 9.53 Å². The van der Waals surface area contributed by atoms with Crippen molar-refractivity contribution in [2.24, 2.45) is 0 Å². The molecule has 1 atom stereocenters. The number of nitrogens with zero attached hydrogens (tertiary/aromatic N) is 3. The van der Waals surface area contributed by atoms with Crippen LogP contribution in [-0.4, -0.2) is 65.5 Å². The minimum absolute atomic E-state index is 0.0125. The topological polar surface area (TPSA) is 62.7 Å². The van der Waals surface area contributed by atoms with Crippen molar-refractivity contribution in [2.75, 3.05) is 32.8 Å². The second-order valence-electron chi connectivity index (χ2n) is 7.38. The Kier molecular flexibility index (Phi) is 4.77. The average Bonchev–Trinajstić information content (AvgIpc) is 3.20. The van der Waals surface area contributed by atoms with E-state index >= 15 is 0 Å². The molecular weight excluding hydrogens is 386 g/mol. The van der Waals surface area contributed by atoms with Gasteiger partial charge in [0.1, 0.15) is 6.10 Å². The molecule has 3 heterocycles. The molecule has 0 radical (unpaired) electrons. The molecule has 2 fully saturated rings. The van der Waals surface area contributed by atoms with Crippen LogP contribution < -0.4 is 0 Å². The van der Waals surface area contributed by atoms with E-state index in [9.17, 15) is 9.59 Å². The van der Waals surface area contributed by atoms with E-state index in [4.69, 9.17) is 4.74 Å². The quantitative estimate of drug-likeness (QED) is 0.670. The van der Waals surface area contributed by atoms with E-state index in [-0.39, 0.29) is 17.9 Å². The molecular formula is C22H21N3O3S. The van der Waals surface area contributed by atoms with Crippen LogP contribution >= 0.6 is 11.3 Å². The number of ether oxygens (including phenoxy) is 1. The fourth-order valence-electron chi connectivity index (χ4n) is 3.79. The number of amides is 2. The summed E-state index contributed by atoms with van der Waals surface area (Å²) in [5, 5.41) is 0. The van der Waals surface area contributed by atoms with E-state index in [1.807, 2.05) is 39.6 Å². The summed E-state index contributed by atoms with van der Waals surface area (Å²) in [5.41, 5.74) is 5.67. The van der Waals surface area contributed by atoms with E-state index in [2.05, 4.69) is 23.2 Å². The van der Waals surface area contributed by atoms with Crippen LogP contribution in [0, 0.1) is 0 Å². The molecule has 6 nitrogen and oxygen atoms in total. The number of aromatic nitrogens is 1. The van der Waals surface area contributed by atoms with Crippen molar-refractivity contribution in [3.05, 3.63) is 53.5 Å². The summed E-state index contributed by atoms with van der Waals surface area (Å²) in [6.07, 6.45) is 0.535. The Morgan fingerprint density at radius 3 is 2.34 bits per heavy atom. The van der Waals surface area contributed by atoms with E-state index in [0.717, 1.165) is 23.1 Å². The van der Waals surface area contributed by atoms with Crippen LogP contribution in [0.1, 0.15) is 16.8 Å². The zero-order chi connectivity index (χ0) is 19.8. The van der Waals surface area contributed by atoms with Crippen LogP contribution in [0.3, 0.4) is 0 Å². The lowest BCUT2D eigenvalue weighted by molar-refractivity contribution is -0.157. The number of carbonyl (C=O) groups excluding carboxylic acids is 2. The Morgan fingerprint density at radius 1 is 0.966 bits per heavy atom. The van der Waals surface area contributed by atoms with Crippen LogP contribution in [0.2, 0.25) is 0 Å². The van der Waals surface area contributed by atoms with Crippen molar-refractivity contribution in [3.63, 3.8) is 0 Å². The monoisotopic (exact) mass is 407 g/mol. The van der Waals surface area contributed by atoms with Gasteiger partial charge in [0, 0.05) is 38.2 Å². The van der Waals surface area contributed by atoms with Gasteiger partial charge in [-0.3, -0.25) is 9.59 Å². The van der Waals surface area contributed by atoms with Crippen molar-refractivity contribution in [1.82, 2.24) is 14.8 Å². The normalized spacial score (nSPS) is 19.2. The Hall–Kier alpha value is -2.77. The van der Waals surface area contributed by atoms with Gasteiger partial charge in [-0.2, -0.15) is 0 Å². The summed E-state index contributed by atoms with van der Waals surface area (Å²) in [5.74, 6) is 0.0725. The molecule has 0 N–H and O–H groups in total. The number of benzene rings is 2. The van der Waals surface area contributed by atoms with Gasteiger partial charge in [-0.15, -0.1) is 11.3 Å². The molecule has 0 spiro atoms. The van der Waals surface area contributed by atoms with Gasteiger partial charge in [0.2, 0.25) is 0 Å². The molecule has 2 saturated heterocycles. The van der Waals surface area contributed by atoms with Gasteiger partial charge in [-0.1, -0.05) is 18.2 Å². The number of piperazine rings is 1. The van der Waals surface area contributed by atoms with Crippen LogP contribution in [0.25, 0.3) is 21.3 Å². The third-order valence-electron chi connectivity index (χ3n) is 5.65. The molecule has 1 aromatic heterocycles. The first-order valence-electron chi connectivity index (χ1n) is 9.82. The molecule has 2 aromatic carbocycles. The largest absolute Gasteiger partial charge is 0.368 e. The van der Waals surface area contributed by atoms with Gasteiger partial charge in [0.25, 0.3) is 11.8 Å². The molecule has 1 unspecified atom stereocenters. The Labute approximate surface area is 172 Å². The lowest BCUT2D eigenvalue weighted by Crippen LogP contribution is -2.54. The highest BCUT2D eigenvalue weighted by molar-refractivity contribution is 7.16. The highest BCUT2D eigenvalue weighted by atomic mass is 32.1. The summed E-state index contributed by atoms with van der Waals surface area (Å²) < 4.78 is 6.45. The van der Waals surface area contributed by atoms with E-state index in [1.165, 1.54) is 4.70 Å². The molecule has 2 aliphatic rings. The predicted octanol–water partition coefficient (Wildman–Crippen LogP) is 3.04.